The number of benzene rings is 1. The van der Waals surface area contributed by atoms with Crippen LogP contribution in [0.15, 0.2) is 18.2 Å². The topological polar surface area (TPSA) is 41.1 Å². The van der Waals surface area contributed by atoms with Crippen molar-refractivity contribution in [3.8, 4) is 0 Å². The van der Waals surface area contributed by atoms with E-state index in [-0.39, 0.29) is 11.4 Å². The number of nitrogens with one attached hydrogen (secondary N) is 2. The maximum absolute atomic E-state index is 11.8. The maximum Gasteiger partial charge on any atom is 0.238 e. The second-order valence-corrected chi connectivity index (χ2v) is 5.71. The van der Waals surface area contributed by atoms with Gasteiger partial charge in [0.25, 0.3) is 0 Å². The molecule has 0 aromatic heterocycles. The minimum absolute atomic E-state index is 0.0199. The largest absolute Gasteiger partial charge is 0.325 e. The average Bonchev–Trinajstić information content (AvgIpc) is 2.29. The van der Waals surface area contributed by atoms with Gasteiger partial charge >= 0.3 is 0 Å². The van der Waals surface area contributed by atoms with Crippen LogP contribution >= 0.6 is 11.6 Å². The summed E-state index contributed by atoms with van der Waals surface area (Å²) in [4.78, 5) is 11.8. The zero-order chi connectivity index (χ0) is 13.2. The van der Waals surface area contributed by atoms with Gasteiger partial charge in [-0.25, -0.2) is 0 Å². The molecule has 1 aromatic carbocycles. The second-order valence-electron chi connectivity index (χ2n) is 5.28. The molecule has 1 aliphatic rings. The molecule has 0 saturated heterocycles. The molecule has 0 aliphatic heterocycles. The maximum atomic E-state index is 11.8. The minimum atomic E-state index is -0.0199. The van der Waals surface area contributed by atoms with Gasteiger partial charge in [-0.15, -0.1) is 0 Å². The van der Waals surface area contributed by atoms with Gasteiger partial charge < -0.3 is 10.6 Å². The Hall–Kier alpha value is -1.06. The summed E-state index contributed by atoms with van der Waals surface area (Å²) in [6.45, 7) is 4.46. The molecule has 98 valence electrons. The normalized spacial score (nSPS) is 17.1. The lowest BCUT2D eigenvalue weighted by molar-refractivity contribution is -0.115. The van der Waals surface area contributed by atoms with E-state index in [1.54, 1.807) is 6.07 Å². The van der Waals surface area contributed by atoms with Crippen LogP contribution in [0.5, 0.6) is 0 Å². The lowest BCUT2D eigenvalue weighted by Gasteiger charge is -2.39. The van der Waals surface area contributed by atoms with E-state index in [1.165, 1.54) is 6.42 Å². The van der Waals surface area contributed by atoms with E-state index in [0.29, 0.717) is 11.6 Å². The highest BCUT2D eigenvalue weighted by Crippen LogP contribution is 2.30. The molecule has 4 heteroatoms. The molecule has 0 spiro atoms. The van der Waals surface area contributed by atoms with Crippen LogP contribution in [0, 0.1) is 6.92 Å². The molecule has 0 bridgehead atoms. The van der Waals surface area contributed by atoms with Crippen LogP contribution in [0.3, 0.4) is 0 Å². The van der Waals surface area contributed by atoms with Gasteiger partial charge in [0.15, 0.2) is 0 Å². The number of amides is 1. The number of carbonyl (C=O) groups is 1. The van der Waals surface area contributed by atoms with Crippen molar-refractivity contribution in [3.05, 3.63) is 28.8 Å². The molecule has 1 aromatic rings. The number of aryl methyl sites for hydroxylation is 1. The first kappa shape index (κ1) is 13.4. The Labute approximate surface area is 113 Å². The molecule has 18 heavy (non-hydrogen) atoms. The average molecular weight is 267 g/mol. The van der Waals surface area contributed by atoms with E-state index < -0.39 is 0 Å². The standard InChI is InChI=1S/C14H19ClN2O/c1-10-4-5-11(15)8-12(10)17-13(18)9-16-14(2)6-3-7-14/h4-5,8,16H,3,6-7,9H2,1-2H3,(H,17,18). The third kappa shape index (κ3) is 3.24. The highest BCUT2D eigenvalue weighted by atomic mass is 35.5. The molecule has 1 aliphatic carbocycles. The Morgan fingerprint density at radius 1 is 1.44 bits per heavy atom. The fourth-order valence-electron chi connectivity index (χ4n) is 2.10. The Bertz CT molecular complexity index is 455. The fraction of sp³-hybridized carbons (Fsp3) is 0.500. The van der Waals surface area contributed by atoms with E-state index in [0.717, 1.165) is 24.1 Å². The van der Waals surface area contributed by atoms with Crippen molar-refractivity contribution in [1.82, 2.24) is 5.32 Å². The molecule has 0 heterocycles. The van der Waals surface area contributed by atoms with E-state index in [4.69, 9.17) is 11.6 Å². The van der Waals surface area contributed by atoms with Crippen molar-refractivity contribution in [3.63, 3.8) is 0 Å². The lowest BCUT2D eigenvalue weighted by Crippen LogP contribution is -2.50. The number of halogens is 1. The molecule has 0 radical (unpaired) electrons. The number of rotatable bonds is 4. The highest BCUT2D eigenvalue weighted by Gasteiger charge is 2.31. The zero-order valence-electron chi connectivity index (χ0n) is 10.8. The van der Waals surface area contributed by atoms with Gasteiger partial charge in [-0.05, 0) is 50.8 Å². The summed E-state index contributed by atoms with van der Waals surface area (Å²) in [6, 6.07) is 5.50. The van der Waals surface area contributed by atoms with Crippen LogP contribution < -0.4 is 10.6 Å². The lowest BCUT2D eigenvalue weighted by atomic mass is 9.78. The molecule has 1 fully saturated rings. The third-order valence-corrected chi connectivity index (χ3v) is 3.84. The highest BCUT2D eigenvalue weighted by molar-refractivity contribution is 6.31. The van der Waals surface area contributed by atoms with Gasteiger partial charge in [-0.2, -0.15) is 0 Å². The first-order valence-electron chi connectivity index (χ1n) is 6.30. The van der Waals surface area contributed by atoms with Gasteiger partial charge in [-0.3, -0.25) is 4.79 Å². The minimum Gasteiger partial charge on any atom is -0.325 e. The SMILES string of the molecule is Cc1ccc(Cl)cc1NC(=O)CNC1(C)CCC1. The number of carbonyl (C=O) groups excluding carboxylic acids is 1. The summed E-state index contributed by atoms with van der Waals surface area (Å²) >= 11 is 5.91. The number of hydrogen-bond donors (Lipinski definition) is 2. The molecular weight excluding hydrogens is 248 g/mol. The smallest absolute Gasteiger partial charge is 0.238 e. The molecular formula is C14H19ClN2O. The quantitative estimate of drug-likeness (QED) is 0.879. The van der Waals surface area contributed by atoms with Gasteiger partial charge in [0.05, 0.1) is 6.54 Å². The number of hydrogen-bond acceptors (Lipinski definition) is 2. The molecule has 2 N–H and O–H groups in total. The molecule has 3 nitrogen and oxygen atoms in total. The Morgan fingerprint density at radius 2 is 2.17 bits per heavy atom. The van der Waals surface area contributed by atoms with Crippen molar-refractivity contribution in [2.24, 2.45) is 0 Å². The van der Waals surface area contributed by atoms with E-state index >= 15 is 0 Å². The van der Waals surface area contributed by atoms with Crippen molar-refractivity contribution in [1.29, 1.82) is 0 Å². The predicted octanol–water partition coefficient (Wildman–Crippen LogP) is 3.12. The van der Waals surface area contributed by atoms with Crippen LogP contribution in [-0.4, -0.2) is 18.0 Å². The van der Waals surface area contributed by atoms with Crippen molar-refractivity contribution in [2.75, 3.05) is 11.9 Å². The summed E-state index contributed by atoms with van der Waals surface area (Å²) in [5, 5.41) is 6.82. The van der Waals surface area contributed by atoms with Crippen LogP contribution in [0.1, 0.15) is 31.7 Å². The first-order chi connectivity index (χ1) is 8.48. The van der Waals surface area contributed by atoms with Crippen LogP contribution in [0.4, 0.5) is 5.69 Å². The number of anilines is 1. The Balaban J connectivity index is 1.88. The zero-order valence-corrected chi connectivity index (χ0v) is 11.6. The summed E-state index contributed by atoms with van der Waals surface area (Å²) in [5.41, 5.74) is 1.96. The Morgan fingerprint density at radius 3 is 2.78 bits per heavy atom. The summed E-state index contributed by atoms with van der Waals surface area (Å²) in [5.74, 6) is -0.0199. The van der Waals surface area contributed by atoms with Gasteiger partial charge in [0.2, 0.25) is 5.91 Å². The monoisotopic (exact) mass is 266 g/mol. The Kier molecular flexibility index (Phi) is 3.93. The van der Waals surface area contributed by atoms with Crippen LogP contribution in [0.2, 0.25) is 5.02 Å². The summed E-state index contributed by atoms with van der Waals surface area (Å²) in [6.07, 6.45) is 3.55. The third-order valence-electron chi connectivity index (χ3n) is 3.61. The summed E-state index contributed by atoms with van der Waals surface area (Å²) < 4.78 is 0. The first-order valence-corrected chi connectivity index (χ1v) is 6.67. The molecule has 1 saturated carbocycles. The van der Waals surface area contributed by atoms with Gasteiger partial charge in [-0.1, -0.05) is 17.7 Å². The van der Waals surface area contributed by atoms with Crippen molar-refractivity contribution >= 4 is 23.2 Å². The molecule has 0 atom stereocenters. The van der Waals surface area contributed by atoms with Crippen molar-refractivity contribution in [2.45, 2.75) is 38.6 Å². The van der Waals surface area contributed by atoms with Gasteiger partial charge in [0.1, 0.15) is 0 Å². The second kappa shape index (κ2) is 5.29. The van der Waals surface area contributed by atoms with E-state index in [1.807, 2.05) is 19.1 Å². The van der Waals surface area contributed by atoms with Crippen molar-refractivity contribution < 1.29 is 4.79 Å². The van der Waals surface area contributed by atoms with Gasteiger partial charge in [0, 0.05) is 16.2 Å². The fourth-order valence-corrected chi connectivity index (χ4v) is 2.27. The predicted molar refractivity (Wildman–Crippen MR) is 75.1 cm³/mol. The van der Waals surface area contributed by atoms with Crippen LogP contribution in [-0.2, 0) is 4.79 Å². The van der Waals surface area contributed by atoms with E-state index in [2.05, 4.69) is 17.6 Å². The molecule has 1 amide bonds. The van der Waals surface area contributed by atoms with E-state index in [9.17, 15) is 4.79 Å². The summed E-state index contributed by atoms with van der Waals surface area (Å²) in [7, 11) is 0. The molecule has 0 unspecified atom stereocenters. The van der Waals surface area contributed by atoms with Crippen LogP contribution in [0.25, 0.3) is 0 Å². The molecule has 2 rings (SSSR count).